The Balaban J connectivity index is 1.18. The van der Waals surface area contributed by atoms with Gasteiger partial charge in [0.15, 0.2) is 5.82 Å². The highest BCUT2D eigenvalue weighted by Gasteiger charge is 2.17. The van der Waals surface area contributed by atoms with Gasteiger partial charge in [0, 0.05) is 27.5 Å². The van der Waals surface area contributed by atoms with Gasteiger partial charge in [0.05, 0.1) is 11.4 Å². The number of benzene rings is 7. The minimum atomic E-state index is 0.693. The smallest absolute Gasteiger partial charge is 0.160 e. The summed E-state index contributed by atoms with van der Waals surface area (Å²) in [5.74, 6) is 0.693. The van der Waals surface area contributed by atoms with E-state index in [1.165, 1.54) is 21.9 Å². The highest BCUT2D eigenvalue weighted by Crippen LogP contribution is 2.39. The normalized spacial score (nSPS) is 11.4. The predicted octanol–water partition coefficient (Wildman–Crippen LogP) is 11.9. The summed E-state index contributed by atoms with van der Waals surface area (Å²) in [4.78, 5) is 10.1. The van der Waals surface area contributed by atoms with E-state index >= 15 is 0 Å². The van der Waals surface area contributed by atoms with E-state index < -0.39 is 0 Å². The molecule has 0 spiro atoms. The Morgan fingerprint density at radius 1 is 0.362 bits per heavy atom. The molecule has 3 heteroatoms. The number of rotatable bonds is 5. The Bertz CT molecular complexity index is 2490. The monoisotopic (exact) mass is 600 g/mol. The van der Waals surface area contributed by atoms with Crippen molar-refractivity contribution in [2.24, 2.45) is 0 Å². The third-order valence-electron chi connectivity index (χ3n) is 8.92. The Hall–Kier alpha value is -6.32. The number of furan rings is 1. The maximum absolute atomic E-state index is 6.41. The average molecular weight is 601 g/mol. The van der Waals surface area contributed by atoms with Crippen LogP contribution in [0.3, 0.4) is 0 Å². The summed E-state index contributed by atoms with van der Waals surface area (Å²) < 4.78 is 6.41. The fourth-order valence-electron chi connectivity index (χ4n) is 6.60. The van der Waals surface area contributed by atoms with Crippen molar-refractivity contribution >= 4 is 32.7 Å². The van der Waals surface area contributed by atoms with Crippen LogP contribution in [0, 0.1) is 0 Å². The van der Waals surface area contributed by atoms with Crippen molar-refractivity contribution in [3.8, 4) is 56.2 Å². The van der Waals surface area contributed by atoms with Gasteiger partial charge in [0.2, 0.25) is 0 Å². The lowest BCUT2D eigenvalue weighted by Crippen LogP contribution is -1.96. The molecule has 0 bridgehead atoms. The molecule has 0 aliphatic rings. The second-order valence-corrected chi connectivity index (χ2v) is 11.8. The van der Waals surface area contributed by atoms with Gasteiger partial charge >= 0.3 is 0 Å². The summed E-state index contributed by atoms with van der Waals surface area (Å²) in [6.45, 7) is 0. The third kappa shape index (κ3) is 4.86. The van der Waals surface area contributed by atoms with Crippen LogP contribution in [-0.4, -0.2) is 9.97 Å². The Labute approximate surface area is 272 Å². The van der Waals surface area contributed by atoms with Crippen molar-refractivity contribution in [2.75, 3.05) is 0 Å². The van der Waals surface area contributed by atoms with E-state index in [1.54, 1.807) is 0 Å². The third-order valence-corrected chi connectivity index (χ3v) is 8.92. The molecule has 0 fully saturated rings. The van der Waals surface area contributed by atoms with Gasteiger partial charge in [0.25, 0.3) is 0 Å². The van der Waals surface area contributed by atoms with Crippen LogP contribution < -0.4 is 0 Å². The van der Waals surface area contributed by atoms with Gasteiger partial charge in [-0.1, -0.05) is 146 Å². The molecule has 0 saturated heterocycles. The maximum Gasteiger partial charge on any atom is 0.160 e. The van der Waals surface area contributed by atoms with Crippen LogP contribution in [0.25, 0.3) is 88.9 Å². The van der Waals surface area contributed by atoms with Crippen molar-refractivity contribution < 1.29 is 4.42 Å². The maximum atomic E-state index is 6.41. The Morgan fingerprint density at radius 2 is 1.00 bits per heavy atom. The first-order valence-corrected chi connectivity index (χ1v) is 15.8. The molecule has 0 unspecified atom stereocenters. The second-order valence-electron chi connectivity index (χ2n) is 11.8. The number of nitrogens with zero attached hydrogens (tertiary/aromatic N) is 2. The average Bonchev–Trinajstić information content (AvgIpc) is 3.53. The van der Waals surface area contributed by atoms with Gasteiger partial charge in [-0.3, -0.25) is 0 Å². The molecule has 220 valence electrons. The van der Waals surface area contributed by atoms with E-state index in [-0.39, 0.29) is 0 Å². The Morgan fingerprint density at radius 3 is 1.83 bits per heavy atom. The van der Waals surface area contributed by atoms with E-state index in [9.17, 15) is 0 Å². The molecule has 9 aromatic rings. The van der Waals surface area contributed by atoms with E-state index in [0.29, 0.717) is 5.82 Å². The lowest BCUT2D eigenvalue weighted by Gasteiger charge is -2.10. The fourth-order valence-corrected chi connectivity index (χ4v) is 6.60. The van der Waals surface area contributed by atoms with E-state index in [4.69, 9.17) is 14.4 Å². The van der Waals surface area contributed by atoms with E-state index in [0.717, 1.165) is 61.1 Å². The molecule has 0 atom stereocenters. The lowest BCUT2D eigenvalue weighted by molar-refractivity contribution is 0.669. The van der Waals surface area contributed by atoms with Crippen molar-refractivity contribution in [3.63, 3.8) is 0 Å². The Kier molecular flexibility index (Phi) is 6.46. The summed E-state index contributed by atoms with van der Waals surface area (Å²) in [6, 6.07) is 59.1. The van der Waals surface area contributed by atoms with E-state index in [1.807, 2.05) is 48.5 Å². The summed E-state index contributed by atoms with van der Waals surface area (Å²) in [7, 11) is 0. The fraction of sp³-hybridized carbons (Fsp3) is 0. The molecule has 0 aliphatic heterocycles. The largest absolute Gasteiger partial charge is 0.456 e. The molecule has 0 saturated carbocycles. The molecule has 2 aromatic heterocycles. The van der Waals surface area contributed by atoms with Crippen LogP contribution in [0.1, 0.15) is 0 Å². The van der Waals surface area contributed by atoms with Crippen molar-refractivity contribution in [3.05, 3.63) is 170 Å². The van der Waals surface area contributed by atoms with Crippen LogP contribution in [0.2, 0.25) is 0 Å². The van der Waals surface area contributed by atoms with Gasteiger partial charge in [-0.15, -0.1) is 0 Å². The molecule has 47 heavy (non-hydrogen) atoms. The molecular formula is C44H28N2O. The van der Waals surface area contributed by atoms with Crippen molar-refractivity contribution in [1.29, 1.82) is 0 Å². The first-order valence-electron chi connectivity index (χ1n) is 15.8. The molecule has 7 aromatic carbocycles. The molecule has 9 rings (SSSR count). The zero-order valence-electron chi connectivity index (χ0n) is 25.5. The van der Waals surface area contributed by atoms with Crippen LogP contribution in [0.4, 0.5) is 0 Å². The number of hydrogen-bond acceptors (Lipinski definition) is 3. The van der Waals surface area contributed by atoms with Crippen LogP contribution >= 0.6 is 0 Å². The summed E-state index contributed by atoms with van der Waals surface area (Å²) in [6.07, 6.45) is 0. The van der Waals surface area contributed by atoms with Crippen molar-refractivity contribution in [2.45, 2.75) is 0 Å². The van der Waals surface area contributed by atoms with Gasteiger partial charge in [-0.2, -0.15) is 0 Å². The molecular weight excluding hydrogens is 572 g/mol. The molecule has 3 nitrogen and oxygen atoms in total. The van der Waals surface area contributed by atoms with Gasteiger partial charge in [-0.05, 0) is 57.3 Å². The first-order chi connectivity index (χ1) is 23.3. The quantitative estimate of drug-likeness (QED) is 0.197. The zero-order chi connectivity index (χ0) is 31.2. The predicted molar refractivity (Wildman–Crippen MR) is 194 cm³/mol. The summed E-state index contributed by atoms with van der Waals surface area (Å²) >= 11 is 0. The summed E-state index contributed by atoms with van der Waals surface area (Å²) in [5.41, 5.74) is 11.2. The van der Waals surface area contributed by atoms with Crippen LogP contribution in [0.5, 0.6) is 0 Å². The highest BCUT2D eigenvalue weighted by atomic mass is 16.3. The topological polar surface area (TPSA) is 38.9 Å². The van der Waals surface area contributed by atoms with E-state index in [2.05, 4.69) is 121 Å². The molecule has 0 amide bonds. The minimum absolute atomic E-state index is 0.693. The van der Waals surface area contributed by atoms with Gasteiger partial charge < -0.3 is 4.42 Å². The zero-order valence-corrected chi connectivity index (χ0v) is 25.5. The molecule has 0 aliphatic carbocycles. The van der Waals surface area contributed by atoms with Crippen LogP contribution in [0.15, 0.2) is 174 Å². The molecule has 0 radical (unpaired) electrons. The standard InChI is InChI=1S/C44H28N2O/c1-3-12-32(13-4-1)39-28-40(46-44(45-39)33-14-5-2-6-15-33)37-19-10-20-42-43(37)38-27-34(25-26-41(38)47-42)29-21-23-31(24-22-29)36-18-9-16-30-11-7-8-17-35(30)36/h1-28H. The second kappa shape index (κ2) is 11.2. The SMILES string of the molecule is c1ccc(-c2cc(-c3cccc4oc5ccc(-c6ccc(-c7cccc8ccccc78)cc6)cc5c34)nc(-c3ccccc3)n2)cc1. The number of aromatic nitrogens is 2. The first kappa shape index (κ1) is 27.0. The minimum Gasteiger partial charge on any atom is -0.456 e. The highest BCUT2D eigenvalue weighted by molar-refractivity contribution is 6.13. The molecule has 0 N–H and O–H groups in total. The van der Waals surface area contributed by atoms with Crippen LogP contribution in [-0.2, 0) is 0 Å². The lowest BCUT2D eigenvalue weighted by atomic mass is 9.95. The molecule has 2 heterocycles. The van der Waals surface area contributed by atoms with Crippen molar-refractivity contribution in [1.82, 2.24) is 9.97 Å². The number of fused-ring (bicyclic) bond motifs is 4. The van der Waals surface area contributed by atoms with Gasteiger partial charge in [0.1, 0.15) is 11.2 Å². The summed E-state index contributed by atoms with van der Waals surface area (Å²) in [5, 5.41) is 4.62. The van der Waals surface area contributed by atoms with Gasteiger partial charge in [-0.25, -0.2) is 9.97 Å². The number of hydrogen-bond donors (Lipinski definition) is 0.